The minimum atomic E-state index is -0.00810. The second-order valence-corrected chi connectivity index (χ2v) is 3.81. The van der Waals surface area contributed by atoms with Crippen LogP contribution in [0, 0.1) is 10.5 Å². The molecule has 1 aromatic heterocycles. The summed E-state index contributed by atoms with van der Waals surface area (Å²) in [7, 11) is 0. The number of amides is 1. The van der Waals surface area contributed by atoms with Crippen molar-refractivity contribution >= 4 is 28.5 Å². The van der Waals surface area contributed by atoms with Crippen molar-refractivity contribution in [3.63, 3.8) is 0 Å². The van der Waals surface area contributed by atoms with E-state index in [1.807, 2.05) is 6.92 Å². The highest BCUT2D eigenvalue weighted by Gasteiger charge is 2.22. The smallest absolute Gasteiger partial charge is 0.270 e. The maximum atomic E-state index is 11.3. The zero-order chi connectivity index (χ0) is 8.72. The zero-order valence-corrected chi connectivity index (χ0v) is 8.75. The summed E-state index contributed by atoms with van der Waals surface area (Å²) < 4.78 is 2.74. The summed E-state index contributed by atoms with van der Waals surface area (Å²) in [4.78, 5) is 11.3. The number of nitrogens with one attached hydrogen (secondary N) is 1. The number of carbonyl (C=O) groups is 1. The van der Waals surface area contributed by atoms with Crippen LogP contribution in [0.3, 0.4) is 0 Å². The number of aryl methyl sites for hydroxylation is 1. The Hall–Kier alpha value is -0.590. The zero-order valence-electron chi connectivity index (χ0n) is 6.59. The Balaban J connectivity index is 2.61. The summed E-state index contributed by atoms with van der Waals surface area (Å²) in [6.45, 7) is 3.38. The number of rotatable bonds is 0. The second-order valence-electron chi connectivity index (χ2n) is 2.73. The topological polar surface area (TPSA) is 46.9 Å². The Labute approximate surface area is 83.5 Å². The number of carbonyl (C=O) groups excluding carboxylic acids is 1. The van der Waals surface area contributed by atoms with Crippen LogP contribution in [0.15, 0.2) is 0 Å². The van der Waals surface area contributed by atoms with Gasteiger partial charge in [-0.15, -0.1) is 0 Å². The molecule has 64 valence electrons. The molecule has 2 rings (SSSR count). The molecule has 1 aliphatic heterocycles. The molecule has 0 unspecified atom stereocenters. The maximum absolute atomic E-state index is 11.3. The van der Waals surface area contributed by atoms with E-state index >= 15 is 0 Å². The van der Waals surface area contributed by atoms with Gasteiger partial charge in [-0.25, -0.2) is 0 Å². The first-order valence-electron chi connectivity index (χ1n) is 3.71. The van der Waals surface area contributed by atoms with Crippen LogP contribution in [0.2, 0.25) is 0 Å². The number of hydrogen-bond donors (Lipinski definition) is 1. The highest BCUT2D eigenvalue weighted by molar-refractivity contribution is 14.1. The van der Waals surface area contributed by atoms with Crippen LogP contribution in [0.1, 0.15) is 16.2 Å². The summed E-state index contributed by atoms with van der Waals surface area (Å²) in [6, 6.07) is 0. The molecule has 0 atom stereocenters. The quantitative estimate of drug-likeness (QED) is 0.703. The maximum Gasteiger partial charge on any atom is 0.270 e. The average molecular weight is 277 g/mol. The SMILES string of the molecule is Cc1nn2c(c1I)C(=O)NCC2. The van der Waals surface area contributed by atoms with Crippen molar-refractivity contribution in [3.8, 4) is 0 Å². The second kappa shape index (κ2) is 2.72. The Morgan fingerprint density at radius 2 is 2.42 bits per heavy atom. The van der Waals surface area contributed by atoms with Gasteiger partial charge in [0.05, 0.1) is 15.8 Å². The number of nitrogens with zero attached hydrogens (tertiary/aromatic N) is 2. The van der Waals surface area contributed by atoms with Crippen molar-refractivity contribution in [2.24, 2.45) is 0 Å². The van der Waals surface area contributed by atoms with Gasteiger partial charge in [-0.3, -0.25) is 9.48 Å². The predicted octanol–water partition coefficient (Wildman–Crippen LogP) is 0.540. The van der Waals surface area contributed by atoms with Gasteiger partial charge in [0, 0.05) is 6.54 Å². The standard InChI is InChI=1S/C7H8IN3O/c1-4-5(8)6-7(12)9-2-3-11(6)10-4/h2-3H2,1H3,(H,9,12). The molecule has 2 heterocycles. The Morgan fingerprint density at radius 3 is 3.08 bits per heavy atom. The molecule has 1 N–H and O–H groups in total. The molecular weight excluding hydrogens is 269 g/mol. The third kappa shape index (κ3) is 1.03. The van der Waals surface area contributed by atoms with Gasteiger partial charge in [0.2, 0.25) is 0 Å². The van der Waals surface area contributed by atoms with Gasteiger partial charge in [0.15, 0.2) is 0 Å². The van der Waals surface area contributed by atoms with Gasteiger partial charge >= 0.3 is 0 Å². The first-order valence-corrected chi connectivity index (χ1v) is 4.79. The van der Waals surface area contributed by atoms with E-state index in [1.165, 1.54) is 0 Å². The molecule has 0 aromatic carbocycles. The van der Waals surface area contributed by atoms with Gasteiger partial charge in [-0.05, 0) is 29.5 Å². The summed E-state index contributed by atoms with van der Waals surface area (Å²) >= 11 is 2.15. The van der Waals surface area contributed by atoms with Crippen LogP contribution in [0.4, 0.5) is 0 Å². The Kier molecular flexibility index (Phi) is 1.82. The van der Waals surface area contributed by atoms with Gasteiger partial charge in [-0.2, -0.15) is 5.10 Å². The minimum absolute atomic E-state index is 0.00810. The molecule has 0 aliphatic carbocycles. The van der Waals surface area contributed by atoms with E-state index in [4.69, 9.17) is 0 Å². The number of halogens is 1. The van der Waals surface area contributed by atoms with Crippen LogP contribution in [-0.2, 0) is 6.54 Å². The molecule has 0 saturated carbocycles. The van der Waals surface area contributed by atoms with E-state index in [0.29, 0.717) is 12.2 Å². The van der Waals surface area contributed by atoms with Gasteiger partial charge in [0.25, 0.3) is 5.91 Å². The third-order valence-electron chi connectivity index (χ3n) is 1.88. The molecule has 0 spiro atoms. The van der Waals surface area contributed by atoms with Gasteiger partial charge in [-0.1, -0.05) is 0 Å². The fraction of sp³-hybridized carbons (Fsp3) is 0.429. The summed E-state index contributed by atoms with van der Waals surface area (Å²) in [5.41, 5.74) is 1.64. The first-order chi connectivity index (χ1) is 5.70. The molecular formula is C7H8IN3O. The Morgan fingerprint density at radius 1 is 1.67 bits per heavy atom. The van der Waals surface area contributed by atoms with Crippen molar-refractivity contribution in [1.29, 1.82) is 0 Å². The summed E-state index contributed by atoms with van der Waals surface area (Å²) in [5, 5.41) is 7.04. The van der Waals surface area contributed by atoms with E-state index < -0.39 is 0 Å². The molecule has 0 fully saturated rings. The summed E-state index contributed by atoms with van der Waals surface area (Å²) in [6.07, 6.45) is 0. The fourth-order valence-electron chi connectivity index (χ4n) is 1.30. The highest BCUT2D eigenvalue weighted by atomic mass is 127. The Bertz CT molecular complexity index is 345. The molecule has 5 heteroatoms. The van der Waals surface area contributed by atoms with E-state index in [-0.39, 0.29) is 5.91 Å². The molecule has 0 saturated heterocycles. The number of hydrogen-bond acceptors (Lipinski definition) is 2. The predicted molar refractivity (Wildman–Crippen MR) is 52.0 cm³/mol. The lowest BCUT2D eigenvalue weighted by Crippen LogP contribution is -2.36. The first kappa shape index (κ1) is 8.03. The molecule has 0 bridgehead atoms. The van der Waals surface area contributed by atoms with Crippen LogP contribution < -0.4 is 5.32 Å². The van der Waals surface area contributed by atoms with E-state index in [0.717, 1.165) is 15.8 Å². The highest BCUT2D eigenvalue weighted by Crippen LogP contribution is 2.17. The molecule has 4 nitrogen and oxygen atoms in total. The van der Waals surface area contributed by atoms with Crippen molar-refractivity contribution < 1.29 is 4.79 Å². The molecule has 1 aliphatic rings. The van der Waals surface area contributed by atoms with Crippen molar-refractivity contribution in [2.75, 3.05) is 6.54 Å². The average Bonchev–Trinajstić information content (AvgIpc) is 2.29. The molecule has 0 radical (unpaired) electrons. The minimum Gasteiger partial charge on any atom is -0.349 e. The van der Waals surface area contributed by atoms with Crippen LogP contribution >= 0.6 is 22.6 Å². The normalized spacial score (nSPS) is 15.7. The third-order valence-corrected chi connectivity index (χ3v) is 3.17. The van der Waals surface area contributed by atoms with Gasteiger partial charge in [0.1, 0.15) is 5.69 Å². The van der Waals surface area contributed by atoms with Crippen molar-refractivity contribution in [1.82, 2.24) is 15.1 Å². The van der Waals surface area contributed by atoms with Crippen LogP contribution in [0.25, 0.3) is 0 Å². The fourth-order valence-corrected chi connectivity index (χ4v) is 1.93. The lowest BCUT2D eigenvalue weighted by atomic mass is 10.3. The monoisotopic (exact) mass is 277 g/mol. The van der Waals surface area contributed by atoms with E-state index in [1.54, 1.807) is 4.68 Å². The lowest BCUT2D eigenvalue weighted by Gasteiger charge is -2.13. The summed E-state index contributed by atoms with van der Waals surface area (Å²) in [5.74, 6) is -0.00810. The molecule has 12 heavy (non-hydrogen) atoms. The van der Waals surface area contributed by atoms with Crippen LogP contribution in [0.5, 0.6) is 0 Å². The van der Waals surface area contributed by atoms with Crippen LogP contribution in [-0.4, -0.2) is 22.2 Å². The van der Waals surface area contributed by atoms with E-state index in [9.17, 15) is 4.79 Å². The van der Waals surface area contributed by atoms with Crippen molar-refractivity contribution in [2.45, 2.75) is 13.5 Å². The lowest BCUT2D eigenvalue weighted by molar-refractivity contribution is 0.0923. The van der Waals surface area contributed by atoms with Crippen molar-refractivity contribution in [3.05, 3.63) is 15.0 Å². The largest absolute Gasteiger partial charge is 0.349 e. The number of aromatic nitrogens is 2. The molecule has 1 aromatic rings. The number of fused-ring (bicyclic) bond motifs is 1. The van der Waals surface area contributed by atoms with E-state index in [2.05, 4.69) is 33.0 Å². The molecule has 1 amide bonds. The van der Waals surface area contributed by atoms with Gasteiger partial charge < -0.3 is 5.32 Å².